The lowest BCUT2D eigenvalue weighted by atomic mass is 10.1. The van der Waals surface area contributed by atoms with E-state index in [0.717, 1.165) is 37.3 Å². The zero-order chi connectivity index (χ0) is 23.5. The van der Waals surface area contributed by atoms with Crippen molar-refractivity contribution < 1.29 is 23.9 Å². The van der Waals surface area contributed by atoms with Gasteiger partial charge in [0, 0.05) is 24.3 Å². The van der Waals surface area contributed by atoms with Crippen LogP contribution in [0.5, 0.6) is 0 Å². The largest absolute Gasteiger partial charge is 0.465 e. The number of piperidine rings is 1. The number of benzene rings is 2. The second-order valence-electron chi connectivity index (χ2n) is 7.73. The average molecular weight is 468 g/mol. The number of methoxy groups -OCH3 is 1. The van der Waals surface area contributed by atoms with Crippen LogP contribution >= 0.6 is 11.6 Å². The van der Waals surface area contributed by atoms with Crippen molar-refractivity contribution in [3.05, 3.63) is 70.4 Å². The SMILES string of the molecule is COC(=O)c1ccc(N2C(=O)C(Cl)=C(Nc3ccc(C(=O)N4CCCCC4)cc3)C2=O)cc1. The number of nitrogens with zero attached hydrogens (tertiary/aromatic N) is 2. The first-order valence-corrected chi connectivity index (χ1v) is 10.9. The van der Waals surface area contributed by atoms with Gasteiger partial charge in [-0.25, -0.2) is 9.69 Å². The van der Waals surface area contributed by atoms with Crippen LogP contribution in [-0.2, 0) is 14.3 Å². The van der Waals surface area contributed by atoms with Gasteiger partial charge in [0.25, 0.3) is 17.7 Å². The molecular weight excluding hydrogens is 446 g/mol. The first-order chi connectivity index (χ1) is 15.9. The molecule has 0 bridgehead atoms. The molecular formula is C24H22ClN3O5. The van der Waals surface area contributed by atoms with E-state index in [1.54, 1.807) is 24.3 Å². The maximum Gasteiger partial charge on any atom is 0.337 e. The Hall–Kier alpha value is -3.65. The van der Waals surface area contributed by atoms with Crippen molar-refractivity contribution in [2.24, 2.45) is 0 Å². The van der Waals surface area contributed by atoms with Crippen molar-refractivity contribution >= 4 is 46.7 Å². The number of hydrogen-bond acceptors (Lipinski definition) is 6. The Balaban J connectivity index is 1.48. The summed E-state index contributed by atoms with van der Waals surface area (Å²) in [5.74, 6) is -1.84. The van der Waals surface area contributed by atoms with Gasteiger partial charge in [-0.05, 0) is 67.8 Å². The van der Waals surface area contributed by atoms with Crippen molar-refractivity contribution in [3.63, 3.8) is 0 Å². The minimum absolute atomic E-state index is 0.0211. The Labute approximate surface area is 195 Å². The molecule has 0 atom stereocenters. The highest BCUT2D eigenvalue weighted by molar-refractivity contribution is 6.53. The van der Waals surface area contributed by atoms with Crippen LogP contribution in [-0.4, -0.2) is 48.8 Å². The Kier molecular flexibility index (Phi) is 6.46. The highest BCUT2D eigenvalue weighted by Gasteiger charge is 2.39. The number of ether oxygens (including phenoxy) is 1. The predicted molar refractivity (Wildman–Crippen MR) is 123 cm³/mol. The summed E-state index contributed by atoms with van der Waals surface area (Å²) in [6.45, 7) is 1.52. The third-order valence-corrected chi connectivity index (χ3v) is 5.97. The van der Waals surface area contributed by atoms with Crippen LogP contribution in [0.3, 0.4) is 0 Å². The number of halogens is 1. The molecule has 3 amide bonds. The van der Waals surface area contributed by atoms with Crippen LogP contribution in [0.1, 0.15) is 40.0 Å². The first-order valence-electron chi connectivity index (χ1n) is 10.5. The predicted octanol–water partition coefficient (Wildman–Crippen LogP) is 3.54. The second-order valence-corrected chi connectivity index (χ2v) is 8.11. The van der Waals surface area contributed by atoms with Crippen molar-refractivity contribution in [2.45, 2.75) is 19.3 Å². The number of esters is 1. The molecule has 1 N–H and O–H groups in total. The Morgan fingerprint density at radius 2 is 1.48 bits per heavy atom. The number of hydrogen-bond donors (Lipinski definition) is 1. The zero-order valence-electron chi connectivity index (χ0n) is 18.0. The number of imide groups is 1. The summed E-state index contributed by atoms with van der Waals surface area (Å²) >= 11 is 6.18. The lowest BCUT2D eigenvalue weighted by molar-refractivity contribution is -0.120. The minimum Gasteiger partial charge on any atom is -0.465 e. The molecule has 0 aromatic heterocycles. The van der Waals surface area contributed by atoms with Crippen molar-refractivity contribution in [3.8, 4) is 0 Å². The lowest BCUT2D eigenvalue weighted by Gasteiger charge is -2.26. The summed E-state index contributed by atoms with van der Waals surface area (Å²) in [7, 11) is 1.27. The number of carbonyl (C=O) groups excluding carboxylic acids is 4. The smallest absolute Gasteiger partial charge is 0.337 e. The van der Waals surface area contributed by atoms with Crippen molar-refractivity contribution in [1.29, 1.82) is 0 Å². The Morgan fingerprint density at radius 3 is 2.09 bits per heavy atom. The van der Waals surface area contributed by atoms with Gasteiger partial charge in [-0.1, -0.05) is 11.6 Å². The molecule has 0 radical (unpaired) electrons. The summed E-state index contributed by atoms with van der Waals surface area (Å²) in [4.78, 5) is 52.6. The Bertz CT molecular complexity index is 1140. The topological polar surface area (TPSA) is 96.0 Å². The standard InChI is InChI=1S/C24H22ClN3O5/c1-33-24(32)16-7-11-18(12-8-16)28-22(30)19(25)20(23(28)31)26-17-9-5-15(6-10-17)21(29)27-13-3-2-4-14-27/h5-12,26H,2-4,13-14H2,1H3. The molecule has 0 aliphatic carbocycles. The number of nitrogens with one attached hydrogen (secondary N) is 1. The molecule has 1 saturated heterocycles. The zero-order valence-corrected chi connectivity index (χ0v) is 18.7. The van der Waals surface area contributed by atoms with E-state index in [0.29, 0.717) is 11.3 Å². The quantitative estimate of drug-likeness (QED) is 0.533. The fourth-order valence-electron chi connectivity index (χ4n) is 3.83. The third-order valence-electron chi connectivity index (χ3n) is 5.62. The normalized spacial score (nSPS) is 16.3. The summed E-state index contributed by atoms with van der Waals surface area (Å²) in [6.07, 6.45) is 3.16. The fraction of sp³-hybridized carbons (Fsp3) is 0.250. The van der Waals surface area contributed by atoms with Gasteiger partial charge >= 0.3 is 5.97 Å². The van der Waals surface area contributed by atoms with Gasteiger partial charge in [0.05, 0.1) is 18.4 Å². The van der Waals surface area contributed by atoms with E-state index in [-0.39, 0.29) is 27.9 Å². The highest BCUT2D eigenvalue weighted by atomic mass is 35.5. The van der Waals surface area contributed by atoms with Crippen molar-refractivity contribution in [2.75, 3.05) is 30.4 Å². The van der Waals surface area contributed by atoms with E-state index in [1.807, 2.05) is 4.90 Å². The summed E-state index contributed by atoms with van der Waals surface area (Å²) in [5, 5.41) is 2.65. The summed E-state index contributed by atoms with van der Waals surface area (Å²) in [5.41, 5.74) is 1.58. The number of likely N-dealkylation sites (tertiary alicyclic amines) is 1. The Morgan fingerprint density at radius 1 is 0.879 bits per heavy atom. The van der Waals surface area contributed by atoms with Crippen LogP contribution in [0.25, 0.3) is 0 Å². The van der Waals surface area contributed by atoms with E-state index in [4.69, 9.17) is 11.6 Å². The number of rotatable bonds is 5. The molecule has 2 aliphatic rings. The van der Waals surface area contributed by atoms with E-state index >= 15 is 0 Å². The average Bonchev–Trinajstić information content (AvgIpc) is 3.07. The lowest BCUT2D eigenvalue weighted by Crippen LogP contribution is -2.35. The second kappa shape index (κ2) is 9.46. The maximum atomic E-state index is 12.9. The summed E-state index contributed by atoms with van der Waals surface area (Å²) in [6, 6.07) is 12.5. The molecule has 170 valence electrons. The van der Waals surface area contributed by atoms with E-state index < -0.39 is 17.8 Å². The van der Waals surface area contributed by atoms with Gasteiger partial charge < -0.3 is 15.0 Å². The van der Waals surface area contributed by atoms with E-state index in [2.05, 4.69) is 10.1 Å². The highest BCUT2D eigenvalue weighted by Crippen LogP contribution is 2.30. The first kappa shape index (κ1) is 22.5. The van der Waals surface area contributed by atoms with Gasteiger partial charge in [0.2, 0.25) is 0 Å². The third kappa shape index (κ3) is 4.47. The molecule has 0 saturated carbocycles. The number of anilines is 2. The maximum absolute atomic E-state index is 12.9. The van der Waals surface area contributed by atoms with E-state index in [9.17, 15) is 19.2 Å². The number of amides is 3. The number of carbonyl (C=O) groups is 4. The molecule has 4 rings (SSSR count). The molecule has 9 heteroatoms. The summed E-state index contributed by atoms with van der Waals surface area (Å²) < 4.78 is 4.65. The molecule has 2 aromatic rings. The van der Waals surface area contributed by atoms with Crippen LogP contribution in [0, 0.1) is 0 Å². The molecule has 1 fully saturated rings. The molecule has 2 aromatic carbocycles. The monoisotopic (exact) mass is 467 g/mol. The molecule has 2 aliphatic heterocycles. The fourth-order valence-corrected chi connectivity index (χ4v) is 4.04. The van der Waals surface area contributed by atoms with Crippen LogP contribution in [0.2, 0.25) is 0 Å². The van der Waals surface area contributed by atoms with Gasteiger partial charge in [-0.2, -0.15) is 0 Å². The van der Waals surface area contributed by atoms with Gasteiger partial charge in [-0.15, -0.1) is 0 Å². The van der Waals surface area contributed by atoms with E-state index in [1.165, 1.54) is 31.4 Å². The van der Waals surface area contributed by atoms with Crippen LogP contribution in [0.15, 0.2) is 59.3 Å². The molecule has 2 heterocycles. The van der Waals surface area contributed by atoms with Crippen molar-refractivity contribution in [1.82, 2.24) is 4.90 Å². The molecule has 0 unspecified atom stereocenters. The van der Waals surface area contributed by atoms with Crippen LogP contribution in [0.4, 0.5) is 11.4 Å². The van der Waals surface area contributed by atoms with Crippen LogP contribution < -0.4 is 10.2 Å². The molecule has 8 nitrogen and oxygen atoms in total. The van der Waals surface area contributed by atoms with Gasteiger partial charge in [0.1, 0.15) is 10.7 Å². The molecule has 33 heavy (non-hydrogen) atoms. The molecule has 0 spiro atoms. The van der Waals surface area contributed by atoms with Gasteiger partial charge in [0.15, 0.2) is 0 Å². The minimum atomic E-state index is -0.674. The van der Waals surface area contributed by atoms with Gasteiger partial charge in [-0.3, -0.25) is 14.4 Å².